The average molecular weight is 300 g/mol. The molecule has 0 aromatic rings. The Labute approximate surface area is 128 Å². The number of aliphatic hydroxyl groups excluding tert-OH is 1. The standard InChI is InChI=1S/C16H32N2O3/c1-12(10-16(2,3)21-4)17-15(20)18-14-9-7-5-6-8-13(14)11-19/h12-14,19H,5-11H2,1-4H3,(H2,17,18,20). The van der Waals surface area contributed by atoms with Crippen LogP contribution in [0.2, 0.25) is 0 Å². The Balaban J connectivity index is 2.44. The summed E-state index contributed by atoms with van der Waals surface area (Å²) < 4.78 is 5.39. The second-order valence-electron chi connectivity index (χ2n) is 6.87. The van der Waals surface area contributed by atoms with Crippen molar-refractivity contribution in [2.24, 2.45) is 5.92 Å². The Bertz CT molecular complexity index is 321. The van der Waals surface area contributed by atoms with Gasteiger partial charge in [0.05, 0.1) is 5.60 Å². The van der Waals surface area contributed by atoms with Crippen molar-refractivity contribution in [2.45, 2.75) is 77.0 Å². The average Bonchev–Trinajstić information content (AvgIpc) is 2.62. The van der Waals surface area contributed by atoms with E-state index in [0.717, 1.165) is 32.1 Å². The summed E-state index contributed by atoms with van der Waals surface area (Å²) in [5, 5.41) is 15.5. The Morgan fingerprint density at radius 2 is 2.00 bits per heavy atom. The molecule has 0 saturated heterocycles. The molecule has 0 aliphatic heterocycles. The fourth-order valence-corrected chi connectivity index (χ4v) is 3.10. The summed E-state index contributed by atoms with van der Waals surface area (Å²) in [6.45, 7) is 6.15. The van der Waals surface area contributed by atoms with Gasteiger partial charge >= 0.3 is 6.03 Å². The smallest absolute Gasteiger partial charge is 0.315 e. The van der Waals surface area contributed by atoms with Gasteiger partial charge in [0.1, 0.15) is 0 Å². The summed E-state index contributed by atoms with van der Waals surface area (Å²) in [6.07, 6.45) is 6.15. The zero-order valence-corrected chi connectivity index (χ0v) is 13.9. The van der Waals surface area contributed by atoms with Crippen molar-refractivity contribution in [1.29, 1.82) is 0 Å². The Hall–Kier alpha value is -0.810. The third-order valence-electron chi connectivity index (χ3n) is 4.44. The number of hydrogen-bond donors (Lipinski definition) is 3. The Morgan fingerprint density at radius 1 is 1.33 bits per heavy atom. The third-order valence-corrected chi connectivity index (χ3v) is 4.44. The van der Waals surface area contributed by atoms with Gasteiger partial charge in [-0.3, -0.25) is 0 Å². The van der Waals surface area contributed by atoms with Gasteiger partial charge in [-0.05, 0) is 40.0 Å². The van der Waals surface area contributed by atoms with Gasteiger partial charge in [0.25, 0.3) is 0 Å². The fraction of sp³-hybridized carbons (Fsp3) is 0.938. The lowest BCUT2D eigenvalue weighted by Crippen LogP contribution is -2.49. The molecular formula is C16H32N2O3. The van der Waals surface area contributed by atoms with Crippen molar-refractivity contribution < 1.29 is 14.6 Å². The van der Waals surface area contributed by atoms with E-state index in [1.807, 2.05) is 20.8 Å². The van der Waals surface area contributed by atoms with Crippen molar-refractivity contribution in [2.75, 3.05) is 13.7 Å². The van der Waals surface area contributed by atoms with E-state index in [9.17, 15) is 9.90 Å². The maximum Gasteiger partial charge on any atom is 0.315 e. The van der Waals surface area contributed by atoms with E-state index < -0.39 is 0 Å². The minimum atomic E-state index is -0.247. The number of carbonyl (C=O) groups is 1. The highest BCUT2D eigenvalue weighted by Crippen LogP contribution is 2.23. The molecule has 3 unspecified atom stereocenters. The van der Waals surface area contributed by atoms with E-state index in [0.29, 0.717) is 0 Å². The molecule has 5 heteroatoms. The van der Waals surface area contributed by atoms with Crippen molar-refractivity contribution in [1.82, 2.24) is 10.6 Å². The van der Waals surface area contributed by atoms with E-state index in [1.54, 1.807) is 7.11 Å². The number of ether oxygens (including phenoxy) is 1. The number of amides is 2. The minimum absolute atomic E-state index is 0.0401. The SMILES string of the molecule is COC(C)(C)CC(C)NC(=O)NC1CCCCCC1CO. The fourth-order valence-electron chi connectivity index (χ4n) is 3.10. The van der Waals surface area contributed by atoms with E-state index in [1.165, 1.54) is 6.42 Å². The molecule has 0 aromatic carbocycles. The number of hydrogen-bond acceptors (Lipinski definition) is 3. The van der Waals surface area contributed by atoms with Crippen LogP contribution in [0.1, 0.15) is 59.3 Å². The molecule has 1 saturated carbocycles. The van der Waals surface area contributed by atoms with Gasteiger partial charge in [-0.2, -0.15) is 0 Å². The summed E-state index contributed by atoms with van der Waals surface area (Å²) in [5.74, 6) is 0.184. The van der Waals surface area contributed by atoms with Crippen LogP contribution in [-0.2, 0) is 4.74 Å². The topological polar surface area (TPSA) is 70.6 Å². The highest BCUT2D eigenvalue weighted by atomic mass is 16.5. The lowest BCUT2D eigenvalue weighted by atomic mass is 9.96. The van der Waals surface area contributed by atoms with Crippen LogP contribution < -0.4 is 10.6 Å². The lowest BCUT2D eigenvalue weighted by Gasteiger charge is -2.29. The first-order valence-electron chi connectivity index (χ1n) is 8.11. The first-order valence-corrected chi connectivity index (χ1v) is 8.11. The van der Waals surface area contributed by atoms with Crippen LogP contribution in [0.4, 0.5) is 4.79 Å². The zero-order chi connectivity index (χ0) is 15.9. The van der Waals surface area contributed by atoms with Crippen molar-refractivity contribution in [3.05, 3.63) is 0 Å². The van der Waals surface area contributed by atoms with Crippen LogP contribution in [0.25, 0.3) is 0 Å². The van der Waals surface area contributed by atoms with Crippen molar-refractivity contribution in [3.8, 4) is 0 Å². The monoisotopic (exact) mass is 300 g/mol. The summed E-state index contributed by atoms with van der Waals surface area (Å²) in [6, 6.07) is -0.0156. The molecule has 0 aromatic heterocycles. The van der Waals surface area contributed by atoms with Crippen LogP contribution in [-0.4, -0.2) is 42.5 Å². The number of rotatable bonds is 6. The molecule has 21 heavy (non-hydrogen) atoms. The molecule has 1 fully saturated rings. The molecule has 3 atom stereocenters. The number of carbonyl (C=O) groups excluding carboxylic acids is 1. The van der Waals surface area contributed by atoms with Crippen LogP contribution in [0.3, 0.4) is 0 Å². The number of urea groups is 1. The summed E-state index contributed by atoms with van der Waals surface area (Å²) in [5.41, 5.74) is -0.247. The van der Waals surface area contributed by atoms with Crippen LogP contribution >= 0.6 is 0 Å². The highest BCUT2D eigenvalue weighted by Gasteiger charge is 2.26. The van der Waals surface area contributed by atoms with Gasteiger partial charge in [0.15, 0.2) is 0 Å². The minimum Gasteiger partial charge on any atom is -0.396 e. The summed E-state index contributed by atoms with van der Waals surface area (Å²) in [4.78, 5) is 12.1. The van der Waals surface area contributed by atoms with Crippen molar-refractivity contribution >= 4 is 6.03 Å². The van der Waals surface area contributed by atoms with E-state index in [4.69, 9.17) is 4.74 Å². The molecule has 2 amide bonds. The zero-order valence-electron chi connectivity index (χ0n) is 13.9. The molecule has 0 bridgehead atoms. The molecule has 0 radical (unpaired) electrons. The Kier molecular flexibility index (Phi) is 7.46. The molecule has 1 rings (SSSR count). The van der Waals surface area contributed by atoms with Crippen LogP contribution in [0, 0.1) is 5.92 Å². The first kappa shape index (κ1) is 18.2. The summed E-state index contributed by atoms with van der Waals surface area (Å²) >= 11 is 0. The largest absolute Gasteiger partial charge is 0.396 e. The van der Waals surface area contributed by atoms with E-state index in [2.05, 4.69) is 10.6 Å². The lowest BCUT2D eigenvalue weighted by molar-refractivity contribution is 0.00945. The molecular weight excluding hydrogens is 268 g/mol. The number of nitrogens with one attached hydrogen (secondary N) is 2. The van der Waals surface area contributed by atoms with Gasteiger partial charge in [0, 0.05) is 31.7 Å². The second kappa shape index (κ2) is 8.59. The maximum absolute atomic E-state index is 12.1. The third kappa shape index (κ3) is 6.66. The molecule has 0 heterocycles. The quantitative estimate of drug-likeness (QED) is 0.660. The maximum atomic E-state index is 12.1. The molecule has 0 spiro atoms. The van der Waals surface area contributed by atoms with Gasteiger partial charge in [0.2, 0.25) is 0 Å². The van der Waals surface area contributed by atoms with Crippen LogP contribution in [0.15, 0.2) is 0 Å². The van der Waals surface area contributed by atoms with Crippen molar-refractivity contribution in [3.63, 3.8) is 0 Å². The number of aliphatic hydroxyl groups is 1. The van der Waals surface area contributed by atoms with E-state index >= 15 is 0 Å². The van der Waals surface area contributed by atoms with Gasteiger partial charge in [-0.25, -0.2) is 4.79 Å². The van der Waals surface area contributed by atoms with Gasteiger partial charge < -0.3 is 20.5 Å². The normalized spacial score (nSPS) is 25.0. The van der Waals surface area contributed by atoms with Gasteiger partial charge in [-0.1, -0.05) is 19.3 Å². The van der Waals surface area contributed by atoms with Gasteiger partial charge in [-0.15, -0.1) is 0 Å². The molecule has 1 aliphatic rings. The highest BCUT2D eigenvalue weighted by molar-refractivity contribution is 5.74. The van der Waals surface area contributed by atoms with Crippen LogP contribution in [0.5, 0.6) is 0 Å². The predicted molar refractivity (Wildman–Crippen MR) is 84.3 cm³/mol. The first-order chi connectivity index (χ1) is 9.88. The Morgan fingerprint density at radius 3 is 2.62 bits per heavy atom. The molecule has 3 N–H and O–H groups in total. The molecule has 124 valence electrons. The summed E-state index contributed by atoms with van der Waals surface area (Å²) in [7, 11) is 1.68. The van der Waals surface area contributed by atoms with E-state index in [-0.39, 0.29) is 36.2 Å². The molecule has 1 aliphatic carbocycles. The number of methoxy groups -OCH3 is 1. The predicted octanol–water partition coefficient (Wildman–Crippen LogP) is 2.43. The second-order valence-corrected chi connectivity index (χ2v) is 6.87. The molecule has 5 nitrogen and oxygen atoms in total.